The lowest BCUT2D eigenvalue weighted by molar-refractivity contribution is 0.396. The predicted molar refractivity (Wildman–Crippen MR) is 67.1 cm³/mol. The van der Waals surface area contributed by atoms with Gasteiger partial charge in [-0.3, -0.25) is 4.99 Å². The number of ether oxygens (including phenoxy) is 1. The van der Waals surface area contributed by atoms with Gasteiger partial charge in [0.2, 0.25) is 0 Å². The molecule has 0 aliphatic carbocycles. The van der Waals surface area contributed by atoms with Crippen LogP contribution in [0.1, 0.15) is 17.9 Å². The average Bonchev–Trinajstić information content (AvgIpc) is 2.68. The van der Waals surface area contributed by atoms with Crippen LogP contribution in [0, 0.1) is 0 Å². The van der Waals surface area contributed by atoms with E-state index in [1.807, 2.05) is 18.3 Å². The highest BCUT2D eigenvalue weighted by Gasteiger charge is 2.19. The Morgan fingerprint density at radius 3 is 2.88 bits per heavy atom. The molecule has 1 unspecified atom stereocenters. The minimum atomic E-state index is 0.461. The normalized spacial score (nSPS) is 17.9. The van der Waals surface area contributed by atoms with Crippen LogP contribution in [0.3, 0.4) is 0 Å². The molecule has 1 atom stereocenters. The van der Waals surface area contributed by atoms with Crippen LogP contribution in [0.4, 0.5) is 5.69 Å². The number of hydrogen-bond acceptors (Lipinski definition) is 3. The number of fused-ring (bicyclic) bond motifs is 1. The topological polar surface area (TPSA) is 24.8 Å². The van der Waals surface area contributed by atoms with Crippen LogP contribution < -0.4 is 4.74 Å². The highest BCUT2D eigenvalue weighted by Crippen LogP contribution is 2.36. The summed E-state index contributed by atoms with van der Waals surface area (Å²) in [4.78, 5) is 6.65. The van der Waals surface area contributed by atoms with E-state index in [0.717, 1.165) is 24.4 Å². The van der Waals surface area contributed by atoms with Crippen LogP contribution in [0.25, 0.3) is 0 Å². The third-order valence-electron chi connectivity index (χ3n) is 2.92. The summed E-state index contributed by atoms with van der Waals surface area (Å²) in [5.74, 6) is 1.34. The van der Waals surface area contributed by atoms with Crippen molar-refractivity contribution >= 4 is 11.9 Å². The summed E-state index contributed by atoms with van der Waals surface area (Å²) in [5.41, 5.74) is 2.38. The third kappa shape index (κ3) is 2.25. The first kappa shape index (κ1) is 11.1. The van der Waals surface area contributed by atoms with E-state index in [9.17, 15) is 0 Å². The van der Waals surface area contributed by atoms with Crippen molar-refractivity contribution < 1.29 is 4.74 Å². The highest BCUT2D eigenvalue weighted by atomic mass is 16.5. The zero-order valence-electron chi connectivity index (χ0n) is 10.1. The van der Waals surface area contributed by atoms with Gasteiger partial charge in [0.25, 0.3) is 0 Å². The Morgan fingerprint density at radius 2 is 2.19 bits per heavy atom. The molecule has 16 heavy (non-hydrogen) atoms. The van der Waals surface area contributed by atoms with Crippen molar-refractivity contribution in [2.45, 2.75) is 12.3 Å². The molecule has 3 heteroatoms. The molecule has 0 fully saturated rings. The van der Waals surface area contributed by atoms with Crippen molar-refractivity contribution in [3.8, 4) is 5.75 Å². The van der Waals surface area contributed by atoms with E-state index < -0.39 is 0 Å². The number of nitrogens with zero attached hydrogens (tertiary/aromatic N) is 2. The smallest absolute Gasteiger partial charge is 0.121 e. The maximum atomic E-state index is 5.19. The number of benzene rings is 1. The molecule has 1 aromatic rings. The largest absolute Gasteiger partial charge is 0.497 e. The SMILES string of the molecule is COc1ccc2c(c1)N=CC2CCN(C)C. The molecule has 0 saturated heterocycles. The summed E-state index contributed by atoms with van der Waals surface area (Å²) >= 11 is 0. The molecule has 86 valence electrons. The molecule has 0 spiro atoms. The van der Waals surface area contributed by atoms with Gasteiger partial charge in [-0.15, -0.1) is 0 Å². The van der Waals surface area contributed by atoms with Gasteiger partial charge in [-0.25, -0.2) is 0 Å². The summed E-state index contributed by atoms with van der Waals surface area (Å²) in [6.45, 7) is 1.09. The molecule has 1 heterocycles. The van der Waals surface area contributed by atoms with Gasteiger partial charge in [0.05, 0.1) is 12.8 Å². The van der Waals surface area contributed by atoms with Crippen LogP contribution in [0.5, 0.6) is 5.75 Å². The van der Waals surface area contributed by atoms with E-state index in [0.29, 0.717) is 5.92 Å². The van der Waals surface area contributed by atoms with Crippen molar-refractivity contribution in [2.75, 3.05) is 27.7 Å². The third-order valence-corrected chi connectivity index (χ3v) is 2.92. The number of aliphatic imine (C=N–C) groups is 1. The zero-order valence-corrected chi connectivity index (χ0v) is 10.1. The van der Waals surface area contributed by atoms with Crippen molar-refractivity contribution in [3.63, 3.8) is 0 Å². The van der Waals surface area contributed by atoms with Gasteiger partial charge < -0.3 is 9.64 Å². The molecular weight excluding hydrogens is 200 g/mol. The van der Waals surface area contributed by atoms with Crippen molar-refractivity contribution in [3.05, 3.63) is 23.8 Å². The fraction of sp³-hybridized carbons (Fsp3) is 0.462. The van der Waals surface area contributed by atoms with Crippen molar-refractivity contribution in [2.24, 2.45) is 4.99 Å². The molecule has 1 aromatic carbocycles. The quantitative estimate of drug-likeness (QED) is 0.775. The standard InChI is InChI=1S/C13H18N2O/c1-15(2)7-6-10-9-14-13-8-11(16-3)4-5-12(10)13/h4-5,8-10H,6-7H2,1-3H3. The second-order valence-corrected chi connectivity index (χ2v) is 4.40. The average molecular weight is 218 g/mol. The molecule has 0 bridgehead atoms. The molecular formula is C13H18N2O. The molecule has 1 aliphatic heterocycles. The van der Waals surface area contributed by atoms with E-state index in [1.54, 1.807) is 7.11 Å². The lowest BCUT2D eigenvalue weighted by atomic mass is 9.97. The van der Waals surface area contributed by atoms with Crippen LogP contribution >= 0.6 is 0 Å². The van der Waals surface area contributed by atoms with Crippen molar-refractivity contribution in [1.82, 2.24) is 4.90 Å². The fourth-order valence-corrected chi connectivity index (χ4v) is 1.95. The Kier molecular flexibility index (Phi) is 3.25. The zero-order chi connectivity index (χ0) is 11.5. The highest BCUT2D eigenvalue weighted by molar-refractivity contribution is 5.81. The van der Waals surface area contributed by atoms with E-state index in [4.69, 9.17) is 4.74 Å². The van der Waals surface area contributed by atoms with E-state index in [2.05, 4.69) is 30.1 Å². The fourth-order valence-electron chi connectivity index (χ4n) is 1.95. The van der Waals surface area contributed by atoms with Gasteiger partial charge in [-0.05, 0) is 38.7 Å². The lowest BCUT2D eigenvalue weighted by Gasteiger charge is -2.13. The van der Waals surface area contributed by atoms with E-state index in [-0.39, 0.29) is 0 Å². The Labute approximate surface area is 96.7 Å². The predicted octanol–water partition coefficient (Wildman–Crippen LogP) is 2.45. The molecule has 0 N–H and O–H groups in total. The van der Waals surface area contributed by atoms with Gasteiger partial charge in [0, 0.05) is 18.2 Å². The van der Waals surface area contributed by atoms with Gasteiger partial charge in [0.1, 0.15) is 5.75 Å². The first-order valence-electron chi connectivity index (χ1n) is 5.57. The minimum absolute atomic E-state index is 0.461. The van der Waals surface area contributed by atoms with Gasteiger partial charge in [-0.1, -0.05) is 6.07 Å². The minimum Gasteiger partial charge on any atom is -0.497 e. The van der Waals surface area contributed by atoms with E-state index >= 15 is 0 Å². The summed E-state index contributed by atoms with van der Waals surface area (Å²) in [6, 6.07) is 6.14. The van der Waals surface area contributed by atoms with Gasteiger partial charge >= 0.3 is 0 Å². The number of rotatable bonds is 4. The number of methoxy groups -OCH3 is 1. The number of hydrogen-bond donors (Lipinski definition) is 0. The maximum absolute atomic E-state index is 5.19. The van der Waals surface area contributed by atoms with Gasteiger partial charge in [-0.2, -0.15) is 0 Å². The first-order valence-corrected chi connectivity index (χ1v) is 5.57. The molecule has 0 saturated carbocycles. The Balaban J connectivity index is 2.11. The Hall–Kier alpha value is -1.35. The maximum Gasteiger partial charge on any atom is 0.121 e. The summed E-state index contributed by atoms with van der Waals surface area (Å²) in [6.07, 6.45) is 3.17. The summed E-state index contributed by atoms with van der Waals surface area (Å²) < 4.78 is 5.19. The lowest BCUT2D eigenvalue weighted by Crippen LogP contribution is -2.15. The van der Waals surface area contributed by atoms with Crippen molar-refractivity contribution in [1.29, 1.82) is 0 Å². The molecule has 3 nitrogen and oxygen atoms in total. The summed E-state index contributed by atoms with van der Waals surface area (Å²) in [7, 11) is 5.88. The summed E-state index contributed by atoms with van der Waals surface area (Å²) in [5, 5.41) is 0. The molecule has 1 aliphatic rings. The van der Waals surface area contributed by atoms with Crippen LogP contribution in [-0.2, 0) is 0 Å². The second-order valence-electron chi connectivity index (χ2n) is 4.40. The van der Waals surface area contributed by atoms with Crippen LogP contribution in [0.15, 0.2) is 23.2 Å². The Morgan fingerprint density at radius 1 is 1.38 bits per heavy atom. The molecule has 0 amide bonds. The second kappa shape index (κ2) is 4.66. The molecule has 0 aromatic heterocycles. The van der Waals surface area contributed by atoms with Crippen LogP contribution in [0.2, 0.25) is 0 Å². The Bertz CT molecular complexity index is 399. The van der Waals surface area contributed by atoms with Gasteiger partial charge in [0.15, 0.2) is 0 Å². The van der Waals surface area contributed by atoms with E-state index in [1.165, 1.54) is 5.56 Å². The molecule has 0 radical (unpaired) electrons. The van der Waals surface area contributed by atoms with Crippen LogP contribution in [-0.4, -0.2) is 38.9 Å². The monoisotopic (exact) mass is 218 g/mol. The first-order chi connectivity index (χ1) is 7.70. The molecule has 2 rings (SSSR count).